The highest BCUT2D eigenvalue weighted by Crippen LogP contribution is 2.23. The summed E-state index contributed by atoms with van der Waals surface area (Å²) in [5.41, 5.74) is -0.552. The predicted octanol–water partition coefficient (Wildman–Crippen LogP) is 1.98. The molecule has 5 heteroatoms. The average molecular weight is 233 g/mol. The first-order chi connectivity index (χ1) is 7.33. The molecule has 4 nitrogen and oxygen atoms in total. The second kappa shape index (κ2) is 4.99. The number of carbonyl (C=O) groups is 1. The van der Waals surface area contributed by atoms with E-state index in [1.165, 1.54) is 4.90 Å². The van der Waals surface area contributed by atoms with Gasteiger partial charge < -0.3 is 9.47 Å². The summed E-state index contributed by atoms with van der Waals surface area (Å²) < 4.78 is 23.4. The number of halogens is 1. The van der Waals surface area contributed by atoms with Crippen LogP contribution in [0, 0.1) is 0 Å². The van der Waals surface area contributed by atoms with Crippen molar-refractivity contribution < 1.29 is 18.7 Å². The molecule has 0 bridgehead atoms. The Hall–Kier alpha value is -0.840. The van der Waals surface area contributed by atoms with Crippen LogP contribution in [0.15, 0.2) is 0 Å². The third-order valence-electron chi connectivity index (χ3n) is 2.35. The minimum Gasteiger partial charge on any atom is -0.444 e. The van der Waals surface area contributed by atoms with E-state index in [0.29, 0.717) is 13.0 Å². The highest BCUT2D eigenvalue weighted by Gasteiger charge is 2.37. The molecule has 0 saturated carbocycles. The fourth-order valence-electron chi connectivity index (χ4n) is 1.75. The Morgan fingerprint density at radius 1 is 1.50 bits per heavy atom. The molecule has 1 saturated heterocycles. The molecule has 0 radical (unpaired) electrons. The summed E-state index contributed by atoms with van der Waals surface area (Å²) in [4.78, 5) is 13.2. The minimum absolute atomic E-state index is 0.100. The van der Waals surface area contributed by atoms with E-state index in [1.54, 1.807) is 27.9 Å². The number of methoxy groups -OCH3 is 1. The van der Waals surface area contributed by atoms with Gasteiger partial charge in [0.15, 0.2) is 0 Å². The predicted molar refractivity (Wildman–Crippen MR) is 58.1 cm³/mol. The molecule has 0 N–H and O–H groups in total. The van der Waals surface area contributed by atoms with Crippen LogP contribution >= 0.6 is 0 Å². The van der Waals surface area contributed by atoms with Crippen molar-refractivity contribution >= 4 is 6.09 Å². The Morgan fingerprint density at radius 2 is 2.12 bits per heavy atom. The molecule has 16 heavy (non-hydrogen) atoms. The third kappa shape index (κ3) is 3.63. The molecule has 0 aromatic rings. The molecule has 2 atom stereocenters. The van der Waals surface area contributed by atoms with E-state index in [9.17, 15) is 9.18 Å². The number of hydrogen-bond acceptors (Lipinski definition) is 3. The van der Waals surface area contributed by atoms with Crippen molar-refractivity contribution in [2.24, 2.45) is 0 Å². The van der Waals surface area contributed by atoms with Gasteiger partial charge >= 0.3 is 6.09 Å². The molecule has 1 amide bonds. The Kier molecular flexibility index (Phi) is 4.13. The maximum atomic E-state index is 13.2. The maximum absolute atomic E-state index is 13.2. The van der Waals surface area contributed by atoms with Crippen LogP contribution in [0.4, 0.5) is 9.18 Å². The van der Waals surface area contributed by atoms with Crippen LogP contribution in [0.3, 0.4) is 0 Å². The van der Waals surface area contributed by atoms with Gasteiger partial charge in [0.25, 0.3) is 0 Å². The lowest BCUT2D eigenvalue weighted by molar-refractivity contribution is 0.0143. The van der Waals surface area contributed by atoms with Gasteiger partial charge in [0.1, 0.15) is 11.8 Å². The summed E-state index contributed by atoms with van der Waals surface area (Å²) in [6, 6.07) is -0.213. The van der Waals surface area contributed by atoms with Gasteiger partial charge in [-0.2, -0.15) is 0 Å². The van der Waals surface area contributed by atoms with Crippen LogP contribution in [0.25, 0.3) is 0 Å². The van der Waals surface area contributed by atoms with Gasteiger partial charge in [0.05, 0.1) is 19.2 Å². The molecule has 0 unspecified atom stereocenters. The van der Waals surface area contributed by atoms with Crippen LogP contribution in [-0.4, -0.2) is 49.1 Å². The Labute approximate surface area is 95.7 Å². The fraction of sp³-hybridized carbons (Fsp3) is 0.909. The van der Waals surface area contributed by atoms with E-state index >= 15 is 0 Å². The number of amides is 1. The number of rotatable bonds is 2. The van der Waals surface area contributed by atoms with Crippen LogP contribution in [0.2, 0.25) is 0 Å². The molecule has 1 fully saturated rings. The summed E-state index contributed by atoms with van der Waals surface area (Å²) in [5.74, 6) is 0. The zero-order valence-electron chi connectivity index (χ0n) is 10.3. The second-order valence-corrected chi connectivity index (χ2v) is 5.07. The lowest BCUT2D eigenvalue weighted by Gasteiger charge is -2.27. The molecule has 0 spiro atoms. The lowest BCUT2D eigenvalue weighted by Crippen LogP contribution is -2.41. The number of nitrogens with zero attached hydrogens (tertiary/aromatic N) is 1. The third-order valence-corrected chi connectivity index (χ3v) is 2.35. The van der Waals surface area contributed by atoms with E-state index in [-0.39, 0.29) is 12.6 Å². The van der Waals surface area contributed by atoms with Gasteiger partial charge in [-0.1, -0.05) is 0 Å². The molecule has 1 rings (SSSR count). The summed E-state index contributed by atoms with van der Waals surface area (Å²) in [5, 5.41) is 0. The smallest absolute Gasteiger partial charge is 0.410 e. The quantitative estimate of drug-likeness (QED) is 0.732. The monoisotopic (exact) mass is 233 g/mol. The van der Waals surface area contributed by atoms with Crippen LogP contribution in [0.1, 0.15) is 27.2 Å². The van der Waals surface area contributed by atoms with Gasteiger partial charge in [-0.05, 0) is 20.8 Å². The summed E-state index contributed by atoms with van der Waals surface area (Å²) in [6.07, 6.45) is -1.12. The molecule has 0 aliphatic carbocycles. The van der Waals surface area contributed by atoms with E-state index in [0.717, 1.165) is 0 Å². The second-order valence-electron chi connectivity index (χ2n) is 5.07. The fourth-order valence-corrected chi connectivity index (χ4v) is 1.75. The van der Waals surface area contributed by atoms with E-state index in [1.807, 2.05) is 0 Å². The maximum Gasteiger partial charge on any atom is 0.410 e. The number of likely N-dealkylation sites (tertiary alicyclic amines) is 1. The highest BCUT2D eigenvalue weighted by molar-refractivity contribution is 5.69. The first kappa shape index (κ1) is 13.2. The Balaban J connectivity index is 2.59. The molecule has 94 valence electrons. The SMILES string of the molecule is COC[C@@H]1C[C@H](F)CN1C(=O)OC(C)(C)C. The van der Waals surface area contributed by atoms with E-state index < -0.39 is 17.9 Å². The molecule has 0 aromatic carbocycles. The largest absolute Gasteiger partial charge is 0.444 e. The summed E-state index contributed by atoms with van der Waals surface area (Å²) in [7, 11) is 1.54. The first-order valence-corrected chi connectivity index (χ1v) is 5.46. The van der Waals surface area contributed by atoms with Crippen molar-refractivity contribution in [1.82, 2.24) is 4.90 Å². The van der Waals surface area contributed by atoms with Crippen molar-refractivity contribution in [1.29, 1.82) is 0 Å². The Bertz CT molecular complexity index is 252. The van der Waals surface area contributed by atoms with Crippen LogP contribution in [0.5, 0.6) is 0 Å². The summed E-state index contributed by atoms with van der Waals surface area (Å²) >= 11 is 0. The van der Waals surface area contributed by atoms with Crippen molar-refractivity contribution in [3.05, 3.63) is 0 Å². The number of ether oxygens (including phenoxy) is 2. The number of hydrogen-bond donors (Lipinski definition) is 0. The number of carbonyl (C=O) groups excluding carboxylic acids is 1. The van der Waals surface area contributed by atoms with Crippen molar-refractivity contribution in [3.63, 3.8) is 0 Å². The lowest BCUT2D eigenvalue weighted by atomic mass is 10.2. The highest BCUT2D eigenvalue weighted by atomic mass is 19.1. The molecule has 1 heterocycles. The molecule has 0 aromatic heterocycles. The van der Waals surface area contributed by atoms with E-state index in [2.05, 4.69) is 0 Å². The zero-order chi connectivity index (χ0) is 12.3. The van der Waals surface area contributed by atoms with Crippen LogP contribution in [-0.2, 0) is 9.47 Å². The van der Waals surface area contributed by atoms with Crippen molar-refractivity contribution in [2.45, 2.75) is 45.0 Å². The Morgan fingerprint density at radius 3 is 2.62 bits per heavy atom. The molecule has 1 aliphatic heterocycles. The van der Waals surface area contributed by atoms with Gasteiger partial charge in [-0.3, -0.25) is 4.90 Å². The first-order valence-electron chi connectivity index (χ1n) is 5.46. The standard InChI is InChI=1S/C11H20FNO3/c1-11(2,3)16-10(14)13-6-8(12)5-9(13)7-15-4/h8-9H,5-7H2,1-4H3/t8-,9-/m0/s1. The zero-order valence-corrected chi connectivity index (χ0v) is 10.3. The normalized spacial score (nSPS) is 25.9. The molecular formula is C11H20FNO3. The van der Waals surface area contributed by atoms with Gasteiger partial charge in [-0.15, -0.1) is 0 Å². The molecule has 1 aliphatic rings. The van der Waals surface area contributed by atoms with Gasteiger partial charge in [-0.25, -0.2) is 9.18 Å². The van der Waals surface area contributed by atoms with Crippen LogP contribution < -0.4 is 0 Å². The van der Waals surface area contributed by atoms with Gasteiger partial charge in [0, 0.05) is 13.5 Å². The van der Waals surface area contributed by atoms with Crippen molar-refractivity contribution in [2.75, 3.05) is 20.3 Å². The van der Waals surface area contributed by atoms with E-state index in [4.69, 9.17) is 9.47 Å². The van der Waals surface area contributed by atoms with Crippen molar-refractivity contribution in [3.8, 4) is 0 Å². The number of alkyl halides is 1. The minimum atomic E-state index is -0.979. The van der Waals surface area contributed by atoms with Gasteiger partial charge in [0.2, 0.25) is 0 Å². The molecular weight excluding hydrogens is 213 g/mol. The summed E-state index contributed by atoms with van der Waals surface area (Å²) in [6.45, 7) is 5.82. The topological polar surface area (TPSA) is 38.8 Å². The average Bonchev–Trinajstić information content (AvgIpc) is 2.44.